The number of ether oxygens (including phenoxy) is 1. The molecule has 0 saturated carbocycles. The van der Waals surface area contributed by atoms with Gasteiger partial charge in [-0.3, -0.25) is 4.79 Å². The molecule has 1 aromatic carbocycles. The summed E-state index contributed by atoms with van der Waals surface area (Å²) in [6.45, 7) is 4.65. The summed E-state index contributed by atoms with van der Waals surface area (Å²) in [6.07, 6.45) is 1.05. The summed E-state index contributed by atoms with van der Waals surface area (Å²) in [5.41, 5.74) is 1.04. The molecule has 0 aliphatic carbocycles. The fourth-order valence-electron chi connectivity index (χ4n) is 2.27. The standard InChI is InChI=1S/C15H21ClN2O2/c1-2-7-17-14-10-20-9-13(14)15(19)18-8-11-3-5-12(16)6-4-11/h3-6,13-14,17H,2,7-10H2,1H3,(H,18,19). The largest absolute Gasteiger partial charge is 0.379 e. The first-order valence-electron chi connectivity index (χ1n) is 7.04. The van der Waals surface area contributed by atoms with Crippen LogP contribution < -0.4 is 10.6 Å². The molecule has 110 valence electrons. The van der Waals surface area contributed by atoms with Crippen molar-refractivity contribution < 1.29 is 9.53 Å². The summed E-state index contributed by atoms with van der Waals surface area (Å²) in [6, 6.07) is 7.61. The summed E-state index contributed by atoms with van der Waals surface area (Å²) in [7, 11) is 0. The van der Waals surface area contributed by atoms with E-state index < -0.39 is 0 Å². The Bertz CT molecular complexity index is 436. The van der Waals surface area contributed by atoms with Gasteiger partial charge in [0.2, 0.25) is 5.91 Å². The van der Waals surface area contributed by atoms with E-state index in [9.17, 15) is 4.79 Å². The van der Waals surface area contributed by atoms with Gasteiger partial charge in [-0.25, -0.2) is 0 Å². The predicted octanol–water partition coefficient (Wildman–Crippen LogP) is 1.97. The van der Waals surface area contributed by atoms with E-state index in [0.29, 0.717) is 24.8 Å². The van der Waals surface area contributed by atoms with E-state index >= 15 is 0 Å². The molecule has 20 heavy (non-hydrogen) atoms. The molecule has 1 saturated heterocycles. The van der Waals surface area contributed by atoms with Crippen molar-refractivity contribution in [2.45, 2.75) is 25.9 Å². The van der Waals surface area contributed by atoms with Gasteiger partial charge in [-0.05, 0) is 30.7 Å². The highest BCUT2D eigenvalue weighted by atomic mass is 35.5. The fourth-order valence-corrected chi connectivity index (χ4v) is 2.39. The Balaban J connectivity index is 1.83. The number of rotatable bonds is 6. The molecule has 1 aliphatic rings. The van der Waals surface area contributed by atoms with E-state index in [-0.39, 0.29) is 17.9 Å². The molecule has 1 heterocycles. The quantitative estimate of drug-likeness (QED) is 0.844. The molecule has 0 radical (unpaired) electrons. The summed E-state index contributed by atoms with van der Waals surface area (Å²) in [4.78, 5) is 12.2. The zero-order valence-electron chi connectivity index (χ0n) is 11.7. The Morgan fingerprint density at radius 3 is 2.80 bits per heavy atom. The van der Waals surface area contributed by atoms with Crippen LogP contribution >= 0.6 is 11.6 Å². The third kappa shape index (κ3) is 4.20. The van der Waals surface area contributed by atoms with Gasteiger partial charge in [0.05, 0.1) is 19.1 Å². The molecule has 2 rings (SSSR count). The maximum Gasteiger partial charge on any atom is 0.227 e. The van der Waals surface area contributed by atoms with Crippen LogP contribution in [0.1, 0.15) is 18.9 Å². The van der Waals surface area contributed by atoms with Crippen LogP contribution in [0.3, 0.4) is 0 Å². The van der Waals surface area contributed by atoms with Gasteiger partial charge in [0.1, 0.15) is 0 Å². The molecular formula is C15H21ClN2O2. The number of halogens is 1. The van der Waals surface area contributed by atoms with Crippen LogP contribution in [0, 0.1) is 5.92 Å². The van der Waals surface area contributed by atoms with Gasteiger partial charge in [-0.2, -0.15) is 0 Å². The number of carbonyl (C=O) groups excluding carboxylic acids is 1. The van der Waals surface area contributed by atoms with E-state index in [2.05, 4.69) is 17.6 Å². The zero-order chi connectivity index (χ0) is 14.4. The van der Waals surface area contributed by atoms with Crippen molar-refractivity contribution in [3.63, 3.8) is 0 Å². The summed E-state index contributed by atoms with van der Waals surface area (Å²) in [5, 5.41) is 7.03. The SMILES string of the molecule is CCCNC1COCC1C(=O)NCc1ccc(Cl)cc1. The van der Waals surface area contributed by atoms with Crippen molar-refractivity contribution in [3.05, 3.63) is 34.9 Å². The van der Waals surface area contributed by atoms with Crippen molar-refractivity contribution in [3.8, 4) is 0 Å². The first-order chi connectivity index (χ1) is 9.70. The molecule has 2 N–H and O–H groups in total. The smallest absolute Gasteiger partial charge is 0.227 e. The lowest BCUT2D eigenvalue weighted by atomic mass is 10.0. The van der Waals surface area contributed by atoms with E-state index in [4.69, 9.17) is 16.3 Å². The van der Waals surface area contributed by atoms with Gasteiger partial charge in [-0.15, -0.1) is 0 Å². The number of amides is 1. The van der Waals surface area contributed by atoms with Crippen LogP contribution in [-0.4, -0.2) is 31.7 Å². The molecule has 1 aromatic rings. The van der Waals surface area contributed by atoms with Crippen molar-refractivity contribution >= 4 is 17.5 Å². The van der Waals surface area contributed by atoms with Crippen molar-refractivity contribution in [1.29, 1.82) is 0 Å². The molecule has 0 aromatic heterocycles. The average Bonchev–Trinajstić information content (AvgIpc) is 2.92. The Morgan fingerprint density at radius 2 is 2.10 bits per heavy atom. The second kappa shape index (κ2) is 7.62. The lowest BCUT2D eigenvalue weighted by molar-refractivity contribution is -0.125. The molecule has 0 bridgehead atoms. The van der Waals surface area contributed by atoms with Crippen molar-refractivity contribution in [2.75, 3.05) is 19.8 Å². The minimum Gasteiger partial charge on any atom is -0.379 e. The molecule has 1 fully saturated rings. The van der Waals surface area contributed by atoms with E-state index in [1.54, 1.807) is 0 Å². The van der Waals surface area contributed by atoms with Crippen LogP contribution in [0.2, 0.25) is 5.02 Å². The van der Waals surface area contributed by atoms with Gasteiger partial charge in [-0.1, -0.05) is 30.7 Å². The van der Waals surface area contributed by atoms with E-state index in [0.717, 1.165) is 18.5 Å². The van der Waals surface area contributed by atoms with Crippen molar-refractivity contribution in [2.24, 2.45) is 5.92 Å². The molecule has 1 amide bonds. The van der Waals surface area contributed by atoms with Crippen LogP contribution in [-0.2, 0) is 16.1 Å². The molecule has 1 aliphatic heterocycles. The van der Waals surface area contributed by atoms with Gasteiger partial charge >= 0.3 is 0 Å². The highest BCUT2D eigenvalue weighted by molar-refractivity contribution is 6.30. The Morgan fingerprint density at radius 1 is 1.35 bits per heavy atom. The second-order valence-corrected chi connectivity index (χ2v) is 5.49. The summed E-state index contributed by atoms with van der Waals surface area (Å²) < 4.78 is 5.41. The highest BCUT2D eigenvalue weighted by Gasteiger charge is 2.33. The second-order valence-electron chi connectivity index (χ2n) is 5.05. The molecule has 5 heteroatoms. The third-order valence-corrected chi connectivity index (χ3v) is 3.71. The minimum atomic E-state index is -0.103. The van der Waals surface area contributed by atoms with E-state index in [1.807, 2.05) is 24.3 Å². The molecular weight excluding hydrogens is 276 g/mol. The van der Waals surface area contributed by atoms with Gasteiger partial charge in [0, 0.05) is 17.6 Å². The minimum absolute atomic E-state index is 0.0473. The highest BCUT2D eigenvalue weighted by Crippen LogP contribution is 2.15. The normalized spacial score (nSPS) is 21.9. The lowest BCUT2D eigenvalue weighted by Gasteiger charge is -2.18. The maximum absolute atomic E-state index is 12.2. The Hall–Kier alpha value is -1.10. The van der Waals surface area contributed by atoms with Crippen LogP contribution in [0.15, 0.2) is 24.3 Å². The summed E-state index contributed by atoms with van der Waals surface area (Å²) in [5.74, 6) is -0.0556. The fraction of sp³-hybridized carbons (Fsp3) is 0.533. The third-order valence-electron chi connectivity index (χ3n) is 3.45. The average molecular weight is 297 g/mol. The lowest BCUT2D eigenvalue weighted by Crippen LogP contribution is -2.44. The van der Waals surface area contributed by atoms with Crippen LogP contribution in [0.25, 0.3) is 0 Å². The predicted molar refractivity (Wildman–Crippen MR) is 79.7 cm³/mol. The number of carbonyl (C=O) groups is 1. The summed E-state index contributed by atoms with van der Waals surface area (Å²) >= 11 is 5.83. The first-order valence-corrected chi connectivity index (χ1v) is 7.41. The van der Waals surface area contributed by atoms with Gasteiger partial charge < -0.3 is 15.4 Å². The van der Waals surface area contributed by atoms with Gasteiger partial charge in [0.25, 0.3) is 0 Å². The van der Waals surface area contributed by atoms with Gasteiger partial charge in [0.15, 0.2) is 0 Å². The molecule has 4 nitrogen and oxygen atoms in total. The maximum atomic E-state index is 12.2. The Kier molecular flexibility index (Phi) is 5.83. The first kappa shape index (κ1) is 15.3. The monoisotopic (exact) mass is 296 g/mol. The number of hydrogen-bond donors (Lipinski definition) is 2. The van der Waals surface area contributed by atoms with Crippen LogP contribution in [0.4, 0.5) is 0 Å². The van der Waals surface area contributed by atoms with Crippen molar-refractivity contribution in [1.82, 2.24) is 10.6 Å². The van der Waals surface area contributed by atoms with Crippen LogP contribution in [0.5, 0.6) is 0 Å². The zero-order valence-corrected chi connectivity index (χ0v) is 12.5. The molecule has 2 atom stereocenters. The topological polar surface area (TPSA) is 50.4 Å². The Labute approximate surface area is 124 Å². The molecule has 2 unspecified atom stereocenters. The number of benzene rings is 1. The van der Waals surface area contributed by atoms with E-state index in [1.165, 1.54) is 0 Å². The number of nitrogens with one attached hydrogen (secondary N) is 2. The molecule has 0 spiro atoms. The number of hydrogen-bond acceptors (Lipinski definition) is 3.